The van der Waals surface area contributed by atoms with Crippen molar-refractivity contribution >= 4 is 35.0 Å². The molecule has 0 saturated carbocycles. The first-order chi connectivity index (χ1) is 12.6. The standard InChI is InChI=1S/C21H15ClN2OS/c1-14-5-2-3-8-19(14)26-20-10-9-18(12-16(20)13-23)24-21(25)15-6-4-7-17(22)11-15/h2-12H,1H3,(H,24,25). The van der Waals surface area contributed by atoms with Gasteiger partial charge in [0.05, 0.1) is 5.56 Å². The number of carbonyl (C=O) groups is 1. The van der Waals surface area contributed by atoms with Crippen LogP contribution in [-0.4, -0.2) is 5.91 Å². The highest BCUT2D eigenvalue weighted by atomic mass is 35.5. The number of anilines is 1. The second-order valence-electron chi connectivity index (χ2n) is 5.65. The quantitative estimate of drug-likeness (QED) is 0.612. The molecule has 0 unspecified atom stereocenters. The number of amides is 1. The van der Waals surface area contributed by atoms with Crippen molar-refractivity contribution < 1.29 is 4.79 Å². The zero-order valence-corrected chi connectivity index (χ0v) is 15.6. The van der Waals surface area contributed by atoms with Gasteiger partial charge in [0.1, 0.15) is 6.07 Å². The fourth-order valence-electron chi connectivity index (χ4n) is 2.41. The third-order valence-corrected chi connectivity index (χ3v) is 5.25. The summed E-state index contributed by atoms with van der Waals surface area (Å²) >= 11 is 7.46. The van der Waals surface area contributed by atoms with Gasteiger partial charge in [0.25, 0.3) is 5.91 Å². The number of carbonyl (C=O) groups excluding carboxylic acids is 1. The third-order valence-electron chi connectivity index (χ3n) is 3.76. The SMILES string of the molecule is Cc1ccccc1Sc1ccc(NC(=O)c2cccc(Cl)c2)cc1C#N. The Hall–Kier alpha value is -2.74. The molecule has 0 saturated heterocycles. The van der Waals surface area contributed by atoms with Crippen LogP contribution in [0.1, 0.15) is 21.5 Å². The number of rotatable bonds is 4. The maximum atomic E-state index is 12.3. The van der Waals surface area contributed by atoms with E-state index in [1.807, 2.05) is 37.3 Å². The van der Waals surface area contributed by atoms with Gasteiger partial charge in [-0.15, -0.1) is 0 Å². The van der Waals surface area contributed by atoms with Crippen molar-refractivity contribution in [1.82, 2.24) is 0 Å². The molecule has 5 heteroatoms. The molecular formula is C21H15ClN2OS. The minimum atomic E-state index is -0.268. The molecule has 1 amide bonds. The molecule has 128 valence electrons. The van der Waals surface area contributed by atoms with Crippen LogP contribution in [0.15, 0.2) is 76.5 Å². The van der Waals surface area contributed by atoms with E-state index >= 15 is 0 Å². The molecule has 3 nitrogen and oxygen atoms in total. The topological polar surface area (TPSA) is 52.9 Å². The molecule has 0 aliphatic rings. The fourth-order valence-corrected chi connectivity index (χ4v) is 3.56. The van der Waals surface area contributed by atoms with Gasteiger partial charge in [0.2, 0.25) is 0 Å². The maximum absolute atomic E-state index is 12.3. The van der Waals surface area contributed by atoms with Crippen LogP contribution in [0.3, 0.4) is 0 Å². The van der Waals surface area contributed by atoms with Crippen LogP contribution in [-0.2, 0) is 0 Å². The second-order valence-corrected chi connectivity index (χ2v) is 7.17. The van der Waals surface area contributed by atoms with E-state index < -0.39 is 0 Å². The minimum Gasteiger partial charge on any atom is -0.322 e. The summed E-state index contributed by atoms with van der Waals surface area (Å²) in [6.45, 7) is 2.04. The number of halogens is 1. The van der Waals surface area contributed by atoms with Crippen LogP contribution in [0.2, 0.25) is 5.02 Å². The predicted molar refractivity (Wildman–Crippen MR) is 106 cm³/mol. The Morgan fingerprint density at radius 2 is 1.85 bits per heavy atom. The molecule has 0 aliphatic carbocycles. The van der Waals surface area contributed by atoms with Crippen LogP contribution >= 0.6 is 23.4 Å². The van der Waals surface area contributed by atoms with Crippen LogP contribution in [0, 0.1) is 18.3 Å². The summed E-state index contributed by atoms with van der Waals surface area (Å²) < 4.78 is 0. The molecule has 3 aromatic carbocycles. The highest BCUT2D eigenvalue weighted by Crippen LogP contribution is 2.33. The van der Waals surface area contributed by atoms with Crippen molar-refractivity contribution in [2.45, 2.75) is 16.7 Å². The molecule has 0 heterocycles. The Bertz CT molecular complexity index is 1010. The van der Waals surface area contributed by atoms with Crippen LogP contribution in [0.5, 0.6) is 0 Å². The van der Waals surface area contributed by atoms with Gasteiger partial charge in [-0.05, 0) is 55.0 Å². The average molecular weight is 379 g/mol. The van der Waals surface area contributed by atoms with E-state index in [2.05, 4.69) is 11.4 Å². The van der Waals surface area contributed by atoms with Crippen molar-refractivity contribution in [3.8, 4) is 6.07 Å². The summed E-state index contributed by atoms with van der Waals surface area (Å²) in [5.74, 6) is -0.268. The van der Waals surface area contributed by atoms with E-state index in [1.165, 1.54) is 11.8 Å². The van der Waals surface area contributed by atoms with Crippen molar-refractivity contribution in [3.63, 3.8) is 0 Å². The molecular weight excluding hydrogens is 364 g/mol. The van der Waals surface area contributed by atoms with E-state index in [-0.39, 0.29) is 5.91 Å². The number of hydrogen-bond acceptors (Lipinski definition) is 3. The smallest absolute Gasteiger partial charge is 0.255 e. The lowest BCUT2D eigenvalue weighted by Crippen LogP contribution is -2.11. The Morgan fingerprint density at radius 3 is 2.58 bits per heavy atom. The first-order valence-corrected chi connectivity index (χ1v) is 9.11. The Balaban J connectivity index is 1.82. The van der Waals surface area contributed by atoms with Gasteiger partial charge >= 0.3 is 0 Å². The van der Waals surface area contributed by atoms with Gasteiger partial charge in [-0.25, -0.2) is 0 Å². The Labute approximate surface area is 161 Å². The number of nitrogens with zero attached hydrogens (tertiary/aromatic N) is 1. The number of nitriles is 1. The fraction of sp³-hybridized carbons (Fsp3) is 0.0476. The molecule has 0 atom stereocenters. The van der Waals surface area contributed by atoms with E-state index in [0.717, 1.165) is 15.4 Å². The highest BCUT2D eigenvalue weighted by molar-refractivity contribution is 7.99. The maximum Gasteiger partial charge on any atom is 0.255 e. The van der Waals surface area contributed by atoms with Crippen molar-refractivity contribution in [2.75, 3.05) is 5.32 Å². The molecule has 0 fully saturated rings. The average Bonchev–Trinajstić information content (AvgIpc) is 2.64. The number of benzene rings is 3. The Kier molecular flexibility index (Phi) is 5.62. The molecule has 0 aliphatic heterocycles. The van der Waals surface area contributed by atoms with E-state index in [1.54, 1.807) is 36.4 Å². The lowest BCUT2D eigenvalue weighted by atomic mass is 10.2. The second kappa shape index (κ2) is 8.09. The van der Waals surface area contributed by atoms with Gasteiger partial charge in [-0.3, -0.25) is 4.79 Å². The molecule has 0 bridgehead atoms. The molecule has 3 aromatic rings. The summed E-state index contributed by atoms with van der Waals surface area (Å²) in [7, 11) is 0. The van der Waals surface area contributed by atoms with E-state index in [0.29, 0.717) is 21.8 Å². The lowest BCUT2D eigenvalue weighted by Gasteiger charge is -2.10. The van der Waals surface area contributed by atoms with Crippen LogP contribution < -0.4 is 5.32 Å². The number of nitrogens with one attached hydrogen (secondary N) is 1. The minimum absolute atomic E-state index is 0.268. The van der Waals surface area contributed by atoms with E-state index in [4.69, 9.17) is 11.6 Å². The summed E-state index contributed by atoms with van der Waals surface area (Å²) in [4.78, 5) is 14.3. The normalized spacial score (nSPS) is 10.2. The summed E-state index contributed by atoms with van der Waals surface area (Å²) in [5, 5.41) is 12.8. The predicted octanol–water partition coefficient (Wildman–Crippen LogP) is 5.92. The highest BCUT2D eigenvalue weighted by Gasteiger charge is 2.10. The van der Waals surface area contributed by atoms with Crippen molar-refractivity contribution in [1.29, 1.82) is 5.26 Å². The van der Waals surface area contributed by atoms with Gasteiger partial charge in [0, 0.05) is 26.1 Å². The van der Waals surface area contributed by atoms with Crippen molar-refractivity contribution in [3.05, 3.63) is 88.4 Å². The van der Waals surface area contributed by atoms with Crippen LogP contribution in [0.25, 0.3) is 0 Å². The van der Waals surface area contributed by atoms with Crippen molar-refractivity contribution in [2.24, 2.45) is 0 Å². The zero-order valence-electron chi connectivity index (χ0n) is 14.0. The monoisotopic (exact) mass is 378 g/mol. The van der Waals surface area contributed by atoms with E-state index in [9.17, 15) is 10.1 Å². The lowest BCUT2D eigenvalue weighted by molar-refractivity contribution is 0.102. The molecule has 0 aromatic heterocycles. The largest absolute Gasteiger partial charge is 0.322 e. The molecule has 3 rings (SSSR count). The first-order valence-electron chi connectivity index (χ1n) is 7.91. The first kappa shape index (κ1) is 18.1. The molecule has 26 heavy (non-hydrogen) atoms. The number of aryl methyl sites for hydroxylation is 1. The molecule has 0 spiro atoms. The third kappa shape index (κ3) is 4.26. The van der Waals surface area contributed by atoms with Crippen LogP contribution in [0.4, 0.5) is 5.69 Å². The van der Waals surface area contributed by atoms with Gasteiger partial charge < -0.3 is 5.32 Å². The summed E-state index contributed by atoms with van der Waals surface area (Å²) in [5.41, 5.74) is 2.71. The Morgan fingerprint density at radius 1 is 1.04 bits per heavy atom. The summed E-state index contributed by atoms with van der Waals surface area (Å²) in [6, 6.07) is 22.3. The number of hydrogen-bond donors (Lipinski definition) is 1. The molecule has 1 N–H and O–H groups in total. The van der Waals surface area contributed by atoms with Gasteiger partial charge in [-0.2, -0.15) is 5.26 Å². The van der Waals surface area contributed by atoms with Gasteiger partial charge in [-0.1, -0.05) is 47.6 Å². The summed E-state index contributed by atoms with van der Waals surface area (Å²) in [6.07, 6.45) is 0. The molecule has 0 radical (unpaired) electrons. The van der Waals surface area contributed by atoms with Gasteiger partial charge in [0.15, 0.2) is 0 Å². The zero-order chi connectivity index (χ0) is 18.5.